The van der Waals surface area contributed by atoms with Crippen molar-refractivity contribution >= 4 is 28.9 Å². The summed E-state index contributed by atoms with van der Waals surface area (Å²) >= 11 is 12.2. The third-order valence-corrected chi connectivity index (χ3v) is 4.38. The molecule has 2 fully saturated rings. The van der Waals surface area contributed by atoms with Crippen LogP contribution in [0.5, 0.6) is 0 Å². The molecule has 0 aromatic heterocycles. The van der Waals surface area contributed by atoms with Crippen molar-refractivity contribution in [3.63, 3.8) is 0 Å². The quantitative estimate of drug-likeness (QED) is 0.773. The molecule has 2 heterocycles. The summed E-state index contributed by atoms with van der Waals surface area (Å²) in [7, 11) is 0. The molecular weight excluding hydrogens is 255 g/mol. The number of hydrogen-bond acceptors (Lipinski definition) is 2. The second-order valence-electron chi connectivity index (χ2n) is 4.87. The Bertz CT molecular complexity index is 422. The first-order valence-corrected chi connectivity index (χ1v) is 6.94. The molecule has 0 aliphatic carbocycles. The van der Waals surface area contributed by atoms with Crippen LogP contribution in [0.25, 0.3) is 0 Å². The molecule has 2 aliphatic heterocycles. The Labute approximate surface area is 112 Å². The van der Waals surface area contributed by atoms with Gasteiger partial charge < -0.3 is 4.90 Å². The zero-order valence-corrected chi connectivity index (χ0v) is 11.2. The van der Waals surface area contributed by atoms with E-state index in [0.29, 0.717) is 5.02 Å². The van der Waals surface area contributed by atoms with E-state index in [1.165, 1.54) is 19.4 Å². The third kappa shape index (κ3) is 2.26. The van der Waals surface area contributed by atoms with E-state index in [-0.39, 0.29) is 0 Å². The maximum atomic E-state index is 6.27. The predicted octanol–water partition coefficient (Wildman–Crippen LogP) is 3.28. The smallest absolute Gasteiger partial charge is 0.0654 e. The minimum absolute atomic E-state index is 0.707. The lowest BCUT2D eigenvalue weighted by Gasteiger charge is -2.39. The van der Waals surface area contributed by atoms with Gasteiger partial charge in [-0.2, -0.15) is 0 Å². The molecule has 0 N–H and O–H groups in total. The monoisotopic (exact) mass is 270 g/mol. The van der Waals surface area contributed by atoms with Crippen molar-refractivity contribution in [2.75, 3.05) is 31.1 Å². The van der Waals surface area contributed by atoms with Crippen LogP contribution in [0, 0.1) is 0 Å². The van der Waals surface area contributed by atoms with Gasteiger partial charge in [0.1, 0.15) is 0 Å². The molecule has 92 valence electrons. The normalized spacial score (nSPS) is 25.1. The predicted molar refractivity (Wildman–Crippen MR) is 73.3 cm³/mol. The summed E-state index contributed by atoms with van der Waals surface area (Å²) in [6.45, 7) is 4.59. The average molecular weight is 271 g/mol. The highest BCUT2D eigenvalue weighted by atomic mass is 35.5. The molecule has 1 aromatic carbocycles. The Balaban J connectivity index is 1.80. The Morgan fingerprint density at radius 1 is 1.12 bits per heavy atom. The summed E-state index contributed by atoms with van der Waals surface area (Å²) in [5.41, 5.74) is 1.13. The average Bonchev–Trinajstić information content (AvgIpc) is 2.75. The summed E-state index contributed by atoms with van der Waals surface area (Å²) < 4.78 is 0. The van der Waals surface area contributed by atoms with Gasteiger partial charge in [0.05, 0.1) is 10.7 Å². The molecule has 0 saturated carbocycles. The van der Waals surface area contributed by atoms with Gasteiger partial charge in [-0.15, -0.1) is 0 Å². The van der Waals surface area contributed by atoms with Crippen molar-refractivity contribution in [1.29, 1.82) is 0 Å². The zero-order valence-electron chi connectivity index (χ0n) is 9.70. The fourth-order valence-corrected chi connectivity index (χ4v) is 3.48. The van der Waals surface area contributed by atoms with Crippen LogP contribution in [0.3, 0.4) is 0 Å². The van der Waals surface area contributed by atoms with Crippen LogP contribution >= 0.6 is 23.2 Å². The van der Waals surface area contributed by atoms with E-state index in [9.17, 15) is 0 Å². The SMILES string of the molecule is Clc1ccc(N2CCN3CCCC3C2)c(Cl)c1. The number of nitrogens with zero attached hydrogens (tertiary/aromatic N) is 2. The molecule has 0 spiro atoms. The molecule has 0 bridgehead atoms. The van der Waals surface area contributed by atoms with Crippen LogP contribution < -0.4 is 4.90 Å². The van der Waals surface area contributed by atoms with Crippen molar-refractivity contribution in [3.8, 4) is 0 Å². The van der Waals surface area contributed by atoms with Gasteiger partial charge in [0, 0.05) is 30.7 Å². The molecule has 2 nitrogen and oxygen atoms in total. The molecule has 0 radical (unpaired) electrons. The zero-order chi connectivity index (χ0) is 11.8. The lowest BCUT2D eigenvalue weighted by Crippen LogP contribution is -2.50. The van der Waals surface area contributed by atoms with E-state index in [1.54, 1.807) is 0 Å². The van der Waals surface area contributed by atoms with Crippen molar-refractivity contribution in [3.05, 3.63) is 28.2 Å². The molecule has 4 heteroatoms. The van der Waals surface area contributed by atoms with E-state index in [0.717, 1.165) is 36.4 Å². The van der Waals surface area contributed by atoms with Gasteiger partial charge in [-0.25, -0.2) is 0 Å². The molecule has 17 heavy (non-hydrogen) atoms. The topological polar surface area (TPSA) is 6.48 Å². The molecule has 2 saturated heterocycles. The first-order valence-electron chi connectivity index (χ1n) is 6.18. The third-order valence-electron chi connectivity index (χ3n) is 3.84. The van der Waals surface area contributed by atoms with Crippen molar-refractivity contribution in [2.45, 2.75) is 18.9 Å². The molecule has 1 unspecified atom stereocenters. The summed E-state index contributed by atoms with van der Waals surface area (Å²) in [6.07, 6.45) is 2.66. The molecule has 1 atom stereocenters. The van der Waals surface area contributed by atoms with Gasteiger partial charge in [-0.05, 0) is 37.6 Å². The number of benzene rings is 1. The Morgan fingerprint density at radius 2 is 2.00 bits per heavy atom. The van der Waals surface area contributed by atoms with E-state index in [2.05, 4.69) is 9.80 Å². The second kappa shape index (κ2) is 4.68. The second-order valence-corrected chi connectivity index (χ2v) is 5.72. The number of anilines is 1. The summed E-state index contributed by atoms with van der Waals surface area (Å²) in [6, 6.07) is 6.51. The maximum absolute atomic E-state index is 6.27. The number of halogens is 2. The van der Waals surface area contributed by atoms with E-state index >= 15 is 0 Å². The van der Waals surface area contributed by atoms with Gasteiger partial charge in [0.25, 0.3) is 0 Å². The number of hydrogen-bond donors (Lipinski definition) is 0. The van der Waals surface area contributed by atoms with E-state index in [4.69, 9.17) is 23.2 Å². The Kier molecular flexibility index (Phi) is 3.20. The van der Waals surface area contributed by atoms with Gasteiger partial charge >= 0.3 is 0 Å². The summed E-state index contributed by atoms with van der Waals surface area (Å²) in [4.78, 5) is 4.99. The minimum atomic E-state index is 0.707. The fraction of sp³-hybridized carbons (Fsp3) is 0.538. The highest BCUT2D eigenvalue weighted by Gasteiger charge is 2.31. The van der Waals surface area contributed by atoms with Crippen molar-refractivity contribution in [2.24, 2.45) is 0 Å². The van der Waals surface area contributed by atoms with Gasteiger partial charge in [-0.1, -0.05) is 23.2 Å². The number of rotatable bonds is 1. The standard InChI is InChI=1S/C13H16Cl2N2/c14-10-3-4-13(12(15)8-10)17-7-6-16-5-1-2-11(16)9-17/h3-4,8,11H,1-2,5-7,9H2. The highest BCUT2D eigenvalue weighted by Crippen LogP contribution is 2.32. The van der Waals surface area contributed by atoms with Crippen molar-refractivity contribution < 1.29 is 0 Å². The van der Waals surface area contributed by atoms with E-state index in [1.807, 2.05) is 18.2 Å². The van der Waals surface area contributed by atoms with Crippen LogP contribution in [-0.4, -0.2) is 37.1 Å². The van der Waals surface area contributed by atoms with E-state index < -0.39 is 0 Å². The first-order chi connectivity index (χ1) is 8.24. The molecule has 3 rings (SSSR count). The first kappa shape index (κ1) is 11.6. The maximum Gasteiger partial charge on any atom is 0.0654 e. The Morgan fingerprint density at radius 3 is 2.82 bits per heavy atom. The minimum Gasteiger partial charge on any atom is -0.367 e. The van der Waals surface area contributed by atoms with Crippen LogP contribution in [0.1, 0.15) is 12.8 Å². The Hall–Kier alpha value is -0.440. The fourth-order valence-electron chi connectivity index (χ4n) is 2.95. The summed E-state index contributed by atoms with van der Waals surface area (Å²) in [5.74, 6) is 0. The highest BCUT2D eigenvalue weighted by molar-refractivity contribution is 6.36. The number of piperazine rings is 1. The van der Waals surface area contributed by atoms with Crippen LogP contribution in [0.2, 0.25) is 10.0 Å². The summed E-state index contributed by atoms with van der Waals surface area (Å²) in [5, 5.41) is 1.47. The number of fused-ring (bicyclic) bond motifs is 1. The molecule has 1 aromatic rings. The lowest BCUT2D eigenvalue weighted by molar-refractivity contribution is 0.231. The van der Waals surface area contributed by atoms with Gasteiger partial charge in [0.2, 0.25) is 0 Å². The van der Waals surface area contributed by atoms with Crippen LogP contribution in [0.15, 0.2) is 18.2 Å². The molecular formula is C13H16Cl2N2. The molecule has 2 aliphatic rings. The molecule has 0 amide bonds. The van der Waals surface area contributed by atoms with Crippen LogP contribution in [0.4, 0.5) is 5.69 Å². The van der Waals surface area contributed by atoms with Crippen molar-refractivity contribution in [1.82, 2.24) is 4.90 Å². The largest absolute Gasteiger partial charge is 0.367 e. The van der Waals surface area contributed by atoms with Gasteiger partial charge in [-0.3, -0.25) is 4.90 Å². The van der Waals surface area contributed by atoms with Gasteiger partial charge in [0.15, 0.2) is 0 Å². The lowest BCUT2D eigenvalue weighted by atomic mass is 10.1. The van der Waals surface area contributed by atoms with Crippen LogP contribution in [-0.2, 0) is 0 Å².